The Labute approximate surface area is 191 Å². The molecule has 31 heavy (non-hydrogen) atoms. The van der Waals surface area contributed by atoms with Crippen LogP contribution in [0.1, 0.15) is 48.9 Å². The fourth-order valence-corrected chi connectivity index (χ4v) is 2.97. The van der Waals surface area contributed by atoms with E-state index in [0.717, 1.165) is 3.57 Å². The molecule has 0 aliphatic heterocycles. The number of amides is 2. The van der Waals surface area contributed by atoms with Crippen molar-refractivity contribution in [2.75, 3.05) is 0 Å². The van der Waals surface area contributed by atoms with E-state index < -0.39 is 42.1 Å². The van der Waals surface area contributed by atoms with Gasteiger partial charge in [0.25, 0.3) is 0 Å². The third-order valence-corrected chi connectivity index (χ3v) is 5.08. The number of Topliss-reactive ketones (excluding diaryl/α,β-unsaturated/α-hetero) is 1. The number of hydrogen-bond donors (Lipinski definition) is 6. The van der Waals surface area contributed by atoms with E-state index in [0.29, 0.717) is 12.0 Å². The van der Waals surface area contributed by atoms with Crippen LogP contribution in [0.25, 0.3) is 0 Å². The van der Waals surface area contributed by atoms with E-state index in [1.807, 2.05) is 10.6 Å². The summed E-state index contributed by atoms with van der Waals surface area (Å²) < 4.78 is 0.987. The molecule has 2 atom stereocenters. The average Bonchev–Trinajstić information content (AvgIpc) is 2.68. The first-order valence-electron chi connectivity index (χ1n) is 9.29. The van der Waals surface area contributed by atoms with E-state index in [4.69, 9.17) is 15.9 Å². The van der Waals surface area contributed by atoms with Gasteiger partial charge in [0.05, 0.1) is 0 Å². The zero-order valence-electron chi connectivity index (χ0n) is 16.5. The normalized spacial score (nSPS) is 13.5. The maximum atomic E-state index is 12.2. The largest absolute Gasteiger partial charge is 0.481 e. The highest BCUT2D eigenvalue weighted by atomic mass is 127. The minimum atomic E-state index is -2.19. The van der Waals surface area contributed by atoms with Crippen molar-refractivity contribution < 1.29 is 39.3 Å². The molecule has 2 amide bonds. The van der Waals surface area contributed by atoms with Gasteiger partial charge in [-0.15, -0.1) is 0 Å². The summed E-state index contributed by atoms with van der Waals surface area (Å²) in [6, 6.07) is 4.31. The number of aliphatic carboxylic acids is 3. The Balaban J connectivity index is 2.59. The molecule has 7 N–H and O–H groups in total. The van der Waals surface area contributed by atoms with Crippen molar-refractivity contribution in [2.24, 2.45) is 5.73 Å². The van der Waals surface area contributed by atoms with Crippen LogP contribution in [0.5, 0.6) is 0 Å². The van der Waals surface area contributed by atoms with Gasteiger partial charge in [-0.3, -0.25) is 15.3 Å². The lowest BCUT2D eigenvalue weighted by Gasteiger charge is -2.27. The molecular formula is C19H24IN3O8. The zero-order chi connectivity index (χ0) is 23.6. The van der Waals surface area contributed by atoms with Crippen LogP contribution in [-0.2, 0) is 14.4 Å². The van der Waals surface area contributed by atoms with Crippen molar-refractivity contribution in [1.29, 1.82) is 0 Å². The van der Waals surface area contributed by atoms with E-state index in [2.05, 4.69) is 22.6 Å². The van der Waals surface area contributed by atoms with E-state index in [9.17, 15) is 29.1 Å². The molecule has 1 aromatic carbocycles. The topological polar surface area (TPSA) is 196 Å². The summed E-state index contributed by atoms with van der Waals surface area (Å²) in [6.07, 6.45) is -0.388. The molecule has 11 nitrogen and oxygen atoms in total. The third-order valence-electron chi connectivity index (χ3n) is 4.36. The number of nitrogens with one attached hydrogen (secondary N) is 2. The minimum absolute atomic E-state index is 0.109. The maximum Gasteiger partial charge on any atom is 0.344 e. The molecule has 0 saturated carbocycles. The molecule has 0 bridgehead atoms. The number of carbonyl (C=O) groups excluding carboxylic acids is 2. The lowest BCUT2D eigenvalue weighted by Crippen LogP contribution is -2.64. The molecule has 1 aromatic rings. The number of urea groups is 1. The predicted octanol–water partition coefficient (Wildman–Crippen LogP) is 1.39. The van der Waals surface area contributed by atoms with Crippen LogP contribution in [0.4, 0.5) is 4.79 Å². The first-order valence-corrected chi connectivity index (χ1v) is 10.4. The minimum Gasteiger partial charge on any atom is -0.481 e. The summed E-state index contributed by atoms with van der Waals surface area (Å²) in [4.78, 5) is 57.5. The van der Waals surface area contributed by atoms with E-state index in [1.165, 1.54) is 0 Å². The van der Waals surface area contributed by atoms with Crippen LogP contribution < -0.4 is 16.4 Å². The van der Waals surface area contributed by atoms with Gasteiger partial charge in [-0.25, -0.2) is 14.4 Å². The highest BCUT2D eigenvalue weighted by Crippen LogP contribution is 2.14. The Morgan fingerprint density at radius 3 is 2.13 bits per heavy atom. The Bertz CT molecular complexity index is 830. The number of ketones is 1. The van der Waals surface area contributed by atoms with Gasteiger partial charge in [-0.1, -0.05) is 12.1 Å². The molecule has 0 spiro atoms. The SMILES string of the molecule is NC(CCCCC(=O)c1ccc(I)cc1)(NC(=O)NC(CCC(=O)O)C(=O)O)C(=O)O. The second-order valence-corrected chi connectivity index (χ2v) is 8.08. The summed E-state index contributed by atoms with van der Waals surface area (Å²) in [5.74, 6) is -4.36. The van der Waals surface area contributed by atoms with Gasteiger partial charge >= 0.3 is 23.9 Å². The second-order valence-electron chi connectivity index (χ2n) is 6.84. The van der Waals surface area contributed by atoms with Crippen LogP contribution in [0.2, 0.25) is 0 Å². The summed E-state index contributed by atoms with van der Waals surface area (Å²) >= 11 is 2.12. The van der Waals surface area contributed by atoms with Gasteiger partial charge in [0.2, 0.25) is 0 Å². The number of hydrogen-bond acceptors (Lipinski definition) is 6. The summed E-state index contributed by atoms with van der Waals surface area (Å²) in [5.41, 5.74) is 4.11. The predicted molar refractivity (Wildman–Crippen MR) is 116 cm³/mol. The molecule has 0 heterocycles. The van der Waals surface area contributed by atoms with Crippen LogP contribution in [0, 0.1) is 3.57 Å². The fraction of sp³-hybridized carbons (Fsp3) is 0.421. The molecule has 170 valence electrons. The highest BCUT2D eigenvalue weighted by Gasteiger charge is 2.36. The molecule has 0 radical (unpaired) electrons. The van der Waals surface area contributed by atoms with Gasteiger partial charge in [-0.2, -0.15) is 0 Å². The van der Waals surface area contributed by atoms with Gasteiger partial charge < -0.3 is 26.0 Å². The van der Waals surface area contributed by atoms with Crippen LogP contribution in [0.15, 0.2) is 24.3 Å². The van der Waals surface area contributed by atoms with Gasteiger partial charge in [0.15, 0.2) is 11.4 Å². The third kappa shape index (κ3) is 9.29. The highest BCUT2D eigenvalue weighted by molar-refractivity contribution is 14.1. The van der Waals surface area contributed by atoms with Crippen molar-refractivity contribution in [3.63, 3.8) is 0 Å². The molecule has 2 unspecified atom stereocenters. The molecule has 0 aromatic heterocycles. The van der Waals surface area contributed by atoms with Crippen molar-refractivity contribution >= 4 is 52.3 Å². The summed E-state index contributed by atoms with van der Waals surface area (Å²) in [7, 11) is 0. The van der Waals surface area contributed by atoms with E-state index in [1.54, 1.807) is 24.3 Å². The number of unbranched alkanes of at least 4 members (excludes halogenated alkanes) is 1. The Morgan fingerprint density at radius 1 is 1.00 bits per heavy atom. The lowest BCUT2D eigenvalue weighted by molar-refractivity contribution is -0.144. The van der Waals surface area contributed by atoms with Crippen LogP contribution in [0.3, 0.4) is 0 Å². The Morgan fingerprint density at radius 2 is 1.61 bits per heavy atom. The summed E-state index contributed by atoms with van der Waals surface area (Å²) in [5, 5.41) is 31.1. The number of rotatable bonds is 13. The zero-order valence-corrected chi connectivity index (χ0v) is 18.6. The van der Waals surface area contributed by atoms with Crippen LogP contribution >= 0.6 is 22.6 Å². The first kappa shape index (κ1) is 26.3. The number of benzene rings is 1. The first-order chi connectivity index (χ1) is 14.4. The van der Waals surface area contributed by atoms with Gasteiger partial charge in [0.1, 0.15) is 6.04 Å². The monoisotopic (exact) mass is 549 g/mol. The van der Waals surface area contributed by atoms with E-state index >= 15 is 0 Å². The summed E-state index contributed by atoms with van der Waals surface area (Å²) in [6.45, 7) is 0. The quantitative estimate of drug-likeness (QED) is 0.0912. The molecular weight excluding hydrogens is 525 g/mol. The van der Waals surface area contributed by atoms with Crippen LogP contribution in [-0.4, -0.2) is 56.7 Å². The van der Waals surface area contributed by atoms with Crippen molar-refractivity contribution in [3.05, 3.63) is 33.4 Å². The number of halogens is 1. The number of carboxylic acid groups (broad SMARTS) is 3. The van der Waals surface area contributed by atoms with Gasteiger partial charge in [-0.05, 0) is 60.4 Å². The lowest BCUT2D eigenvalue weighted by atomic mass is 9.99. The molecule has 0 saturated heterocycles. The molecule has 0 aliphatic rings. The standard InChI is InChI=1S/C19H24IN3O8/c20-12-6-4-11(5-7-12)14(24)3-1-2-10-19(21,17(29)30)23-18(31)22-13(16(27)28)8-9-15(25)26/h4-7,13H,1-3,8-10,21H2,(H,25,26)(H,27,28)(H,29,30)(H2,22,23,31). The smallest absolute Gasteiger partial charge is 0.344 e. The Hall–Kier alpha value is -2.74. The number of carboxylic acids is 3. The fourth-order valence-electron chi connectivity index (χ4n) is 2.61. The van der Waals surface area contributed by atoms with Crippen molar-refractivity contribution in [1.82, 2.24) is 10.6 Å². The second kappa shape index (κ2) is 12.2. The van der Waals surface area contributed by atoms with Crippen molar-refractivity contribution in [3.8, 4) is 0 Å². The maximum absolute atomic E-state index is 12.2. The Kier molecular flexibility index (Phi) is 10.3. The average molecular weight is 549 g/mol. The van der Waals surface area contributed by atoms with Crippen molar-refractivity contribution in [2.45, 2.75) is 50.2 Å². The number of carbonyl (C=O) groups is 5. The molecule has 12 heteroatoms. The van der Waals surface area contributed by atoms with E-state index in [-0.39, 0.29) is 31.5 Å². The number of nitrogens with two attached hydrogens (primary N) is 1. The van der Waals surface area contributed by atoms with Gasteiger partial charge in [0, 0.05) is 22.0 Å². The molecule has 1 rings (SSSR count). The molecule has 0 aliphatic carbocycles. The molecule has 0 fully saturated rings.